The van der Waals surface area contributed by atoms with Gasteiger partial charge < -0.3 is 19.0 Å². The molecule has 1 heterocycles. The number of carbonyl (C=O) groups is 1. The molecule has 2 aromatic carbocycles. The van der Waals surface area contributed by atoms with Crippen LogP contribution in [0.4, 0.5) is 5.69 Å². The van der Waals surface area contributed by atoms with Crippen molar-refractivity contribution in [3.05, 3.63) is 52.1 Å². The number of carbonyl (C=O) groups excluding carboxylic acids is 1. The Balaban J connectivity index is 2.32. The molecule has 3 rings (SSSR count). The highest BCUT2D eigenvalue weighted by Gasteiger charge is 2.27. The summed E-state index contributed by atoms with van der Waals surface area (Å²) in [4.78, 5) is 23.1. The predicted molar refractivity (Wildman–Crippen MR) is 92.5 cm³/mol. The fourth-order valence-corrected chi connectivity index (χ4v) is 2.64. The summed E-state index contributed by atoms with van der Waals surface area (Å²) in [5.41, 5.74) is 0.537. The van der Waals surface area contributed by atoms with Crippen LogP contribution in [0, 0.1) is 10.1 Å². The first-order chi connectivity index (χ1) is 12.5. The van der Waals surface area contributed by atoms with Crippen LogP contribution < -0.4 is 4.74 Å². The Hall–Kier alpha value is -3.55. The highest BCUT2D eigenvalue weighted by Crippen LogP contribution is 2.40. The first-order valence-corrected chi connectivity index (χ1v) is 7.71. The number of methoxy groups -OCH3 is 1. The zero-order chi connectivity index (χ0) is 18.8. The Bertz CT molecular complexity index is 989. The van der Waals surface area contributed by atoms with Crippen molar-refractivity contribution >= 4 is 22.6 Å². The highest BCUT2D eigenvalue weighted by atomic mass is 16.6. The topological polar surface area (TPSA) is 112 Å². The lowest BCUT2D eigenvalue weighted by Gasteiger charge is -2.04. The van der Waals surface area contributed by atoms with E-state index in [0.717, 1.165) is 0 Å². The Morgan fingerprint density at radius 3 is 2.54 bits per heavy atom. The average Bonchev–Trinajstić information content (AvgIpc) is 2.99. The summed E-state index contributed by atoms with van der Waals surface area (Å²) in [5.74, 6) is -0.364. The molecule has 134 valence electrons. The van der Waals surface area contributed by atoms with Crippen LogP contribution >= 0.6 is 0 Å². The van der Waals surface area contributed by atoms with E-state index in [-0.39, 0.29) is 40.7 Å². The molecule has 3 aromatic rings. The molecule has 0 unspecified atom stereocenters. The molecule has 1 N–H and O–H groups in total. The number of benzene rings is 2. The van der Waals surface area contributed by atoms with Crippen LogP contribution in [0.25, 0.3) is 22.3 Å². The second-order valence-electron chi connectivity index (χ2n) is 5.35. The van der Waals surface area contributed by atoms with E-state index in [0.29, 0.717) is 10.9 Å². The fourth-order valence-electron chi connectivity index (χ4n) is 2.64. The number of nitro groups is 1. The van der Waals surface area contributed by atoms with Gasteiger partial charge >= 0.3 is 11.7 Å². The molecule has 0 radical (unpaired) electrons. The number of phenols is 1. The Kier molecular flexibility index (Phi) is 4.49. The van der Waals surface area contributed by atoms with Crippen LogP contribution in [0.5, 0.6) is 11.5 Å². The lowest BCUT2D eigenvalue weighted by atomic mass is 10.0. The summed E-state index contributed by atoms with van der Waals surface area (Å²) in [7, 11) is 1.30. The maximum Gasteiger partial charge on any atom is 0.342 e. The van der Waals surface area contributed by atoms with Gasteiger partial charge in [-0.1, -0.05) is 0 Å². The first kappa shape index (κ1) is 17.3. The van der Waals surface area contributed by atoms with E-state index in [1.54, 1.807) is 19.1 Å². The minimum atomic E-state index is -0.620. The van der Waals surface area contributed by atoms with Gasteiger partial charge in [-0.25, -0.2) is 4.79 Å². The number of furan rings is 1. The SMILES string of the molecule is CCOC(=O)c1c(-c2ccc(O)cc2)oc2cc([N+](=O)[O-])c(OC)cc12. The minimum absolute atomic E-state index is 0.00565. The Morgan fingerprint density at radius 2 is 1.96 bits per heavy atom. The molecule has 0 aliphatic heterocycles. The van der Waals surface area contributed by atoms with Gasteiger partial charge in [-0.05, 0) is 37.3 Å². The largest absolute Gasteiger partial charge is 0.508 e. The molecule has 8 heteroatoms. The van der Waals surface area contributed by atoms with E-state index in [2.05, 4.69) is 0 Å². The molecule has 0 fully saturated rings. The lowest BCUT2D eigenvalue weighted by Crippen LogP contribution is -2.05. The van der Waals surface area contributed by atoms with Gasteiger partial charge in [0.2, 0.25) is 0 Å². The zero-order valence-electron chi connectivity index (χ0n) is 14.0. The van der Waals surface area contributed by atoms with Crippen molar-refractivity contribution in [3.8, 4) is 22.8 Å². The van der Waals surface area contributed by atoms with Gasteiger partial charge in [-0.2, -0.15) is 0 Å². The highest BCUT2D eigenvalue weighted by molar-refractivity contribution is 6.09. The van der Waals surface area contributed by atoms with Crippen molar-refractivity contribution < 1.29 is 28.7 Å². The van der Waals surface area contributed by atoms with Crippen LogP contribution in [-0.2, 0) is 4.74 Å². The number of fused-ring (bicyclic) bond motifs is 1. The van der Waals surface area contributed by atoms with Crippen molar-refractivity contribution in [1.82, 2.24) is 0 Å². The van der Waals surface area contributed by atoms with Crippen LogP contribution in [0.1, 0.15) is 17.3 Å². The first-order valence-electron chi connectivity index (χ1n) is 7.71. The maximum atomic E-state index is 12.5. The van der Waals surface area contributed by atoms with E-state index >= 15 is 0 Å². The molecule has 0 amide bonds. The standard InChI is InChI=1S/C18H15NO7/c1-3-25-18(21)16-12-8-15(24-2)13(19(22)23)9-14(12)26-17(16)10-4-6-11(20)7-5-10/h4-9,20H,3H2,1-2H3. The zero-order valence-corrected chi connectivity index (χ0v) is 14.0. The second kappa shape index (κ2) is 6.75. The van der Waals surface area contributed by atoms with E-state index in [4.69, 9.17) is 13.9 Å². The smallest absolute Gasteiger partial charge is 0.342 e. The molecule has 0 aliphatic rings. The summed E-state index contributed by atoms with van der Waals surface area (Å²) in [5, 5.41) is 21.0. The summed E-state index contributed by atoms with van der Waals surface area (Å²) in [6, 6.07) is 8.62. The van der Waals surface area contributed by atoms with E-state index < -0.39 is 10.9 Å². The number of hydrogen-bond acceptors (Lipinski definition) is 7. The van der Waals surface area contributed by atoms with Gasteiger partial charge in [0.25, 0.3) is 0 Å². The Morgan fingerprint density at radius 1 is 1.27 bits per heavy atom. The fraction of sp³-hybridized carbons (Fsp3) is 0.167. The molecular weight excluding hydrogens is 342 g/mol. The minimum Gasteiger partial charge on any atom is -0.508 e. The number of nitrogens with zero attached hydrogens (tertiary/aromatic N) is 1. The lowest BCUT2D eigenvalue weighted by molar-refractivity contribution is -0.385. The molecule has 0 saturated carbocycles. The van der Waals surface area contributed by atoms with E-state index in [1.165, 1.54) is 31.4 Å². The van der Waals surface area contributed by atoms with Crippen molar-refractivity contribution in [2.75, 3.05) is 13.7 Å². The van der Waals surface area contributed by atoms with Crippen molar-refractivity contribution in [3.63, 3.8) is 0 Å². The second-order valence-corrected chi connectivity index (χ2v) is 5.35. The number of phenolic OH excluding ortho intramolecular Hbond substituents is 1. The van der Waals surface area contributed by atoms with Crippen LogP contribution in [0.2, 0.25) is 0 Å². The normalized spacial score (nSPS) is 10.7. The number of hydrogen-bond donors (Lipinski definition) is 1. The quantitative estimate of drug-likeness (QED) is 0.418. The summed E-state index contributed by atoms with van der Waals surface area (Å²) < 4.78 is 15.9. The van der Waals surface area contributed by atoms with Crippen molar-refractivity contribution in [2.45, 2.75) is 6.92 Å². The Labute approximate surface area is 147 Å². The third-order valence-electron chi connectivity index (χ3n) is 3.80. The third kappa shape index (κ3) is 2.92. The third-order valence-corrected chi connectivity index (χ3v) is 3.80. The number of ether oxygens (including phenoxy) is 2. The number of rotatable bonds is 5. The molecule has 0 bridgehead atoms. The molecule has 0 aliphatic carbocycles. The number of nitro benzene ring substituents is 1. The number of esters is 1. The predicted octanol–water partition coefficient (Wildman–Crippen LogP) is 3.90. The van der Waals surface area contributed by atoms with E-state index in [1.807, 2.05) is 0 Å². The monoisotopic (exact) mass is 357 g/mol. The molecule has 8 nitrogen and oxygen atoms in total. The van der Waals surface area contributed by atoms with Gasteiger partial charge in [-0.15, -0.1) is 0 Å². The van der Waals surface area contributed by atoms with Crippen LogP contribution in [0.3, 0.4) is 0 Å². The van der Waals surface area contributed by atoms with Gasteiger partial charge in [0.15, 0.2) is 5.75 Å². The van der Waals surface area contributed by atoms with E-state index in [9.17, 15) is 20.0 Å². The summed E-state index contributed by atoms with van der Waals surface area (Å²) in [6.45, 7) is 1.83. The maximum absolute atomic E-state index is 12.5. The molecule has 26 heavy (non-hydrogen) atoms. The molecule has 1 aromatic heterocycles. The number of aromatic hydroxyl groups is 1. The molecule has 0 spiro atoms. The average molecular weight is 357 g/mol. The van der Waals surface area contributed by atoms with Crippen molar-refractivity contribution in [1.29, 1.82) is 0 Å². The van der Waals surface area contributed by atoms with Crippen LogP contribution in [-0.4, -0.2) is 29.7 Å². The van der Waals surface area contributed by atoms with Gasteiger partial charge in [0, 0.05) is 10.9 Å². The van der Waals surface area contributed by atoms with Gasteiger partial charge in [-0.3, -0.25) is 10.1 Å². The summed E-state index contributed by atoms with van der Waals surface area (Å²) >= 11 is 0. The van der Waals surface area contributed by atoms with Crippen LogP contribution in [0.15, 0.2) is 40.8 Å². The van der Waals surface area contributed by atoms with Gasteiger partial charge in [0.05, 0.1) is 24.7 Å². The molecule has 0 atom stereocenters. The van der Waals surface area contributed by atoms with Crippen molar-refractivity contribution in [2.24, 2.45) is 0 Å². The summed E-state index contributed by atoms with van der Waals surface area (Å²) in [6.07, 6.45) is 0. The molecule has 0 saturated heterocycles. The van der Waals surface area contributed by atoms with Gasteiger partial charge in [0.1, 0.15) is 22.7 Å². The molecular formula is C18H15NO7.